The van der Waals surface area contributed by atoms with Crippen molar-refractivity contribution in [2.45, 2.75) is 32.6 Å². The van der Waals surface area contributed by atoms with Crippen LogP contribution in [-0.2, 0) is 17.6 Å². The largest absolute Gasteiger partial charge is 0.368 e. The Morgan fingerprint density at radius 3 is 2.52 bits per heavy atom. The summed E-state index contributed by atoms with van der Waals surface area (Å²) in [7, 11) is 0. The van der Waals surface area contributed by atoms with Crippen molar-refractivity contribution in [1.29, 1.82) is 0 Å². The molecule has 27 heavy (non-hydrogen) atoms. The maximum atomic E-state index is 12.4. The van der Waals surface area contributed by atoms with Crippen molar-refractivity contribution < 1.29 is 14.2 Å². The highest BCUT2D eigenvalue weighted by molar-refractivity contribution is 5.76. The molecule has 0 saturated carbocycles. The highest BCUT2D eigenvalue weighted by Gasteiger charge is 2.21. The Hall–Kier alpha value is -2.97. The minimum absolute atomic E-state index is 0.0832. The highest BCUT2D eigenvalue weighted by atomic mass is 16.6. The summed E-state index contributed by atoms with van der Waals surface area (Å²) in [6, 6.07) is 6.53. The fourth-order valence-corrected chi connectivity index (χ4v) is 3.08. The average Bonchev–Trinajstić information content (AvgIpc) is 3.16. The first-order chi connectivity index (χ1) is 13.1. The van der Waals surface area contributed by atoms with Crippen LogP contribution in [0.2, 0.25) is 0 Å². The van der Waals surface area contributed by atoms with Gasteiger partial charge in [0, 0.05) is 63.3 Å². The SMILES string of the molecule is CCc1noc(CCCC(=O)N2CCN(c3ccc([N+](=O)[O-])cc3)CC2)n1. The van der Waals surface area contributed by atoms with E-state index in [0.29, 0.717) is 57.2 Å². The third-order valence-electron chi connectivity index (χ3n) is 4.67. The minimum Gasteiger partial charge on any atom is -0.368 e. The van der Waals surface area contributed by atoms with E-state index in [1.165, 1.54) is 12.1 Å². The van der Waals surface area contributed by atoms with Crippen LogP contribution in [0.5, 0.6) is 0 Å². The number of carbonyl (C=O) groups excluding carboxylic acids is 1. The van der Waals surface area contributed by atoms with Crippen molar-refractivity contribution >= 4 is 17.3 Å². The molecular weight excluding hydrogens is 350 g/mol. The van der Waals surface area contributed by atoms with Gasteiger partial charge in [-0.3, -0.25) is 14.9 Å². The molecule has 1 aromatic carbocycles. The first-order valence-corrected chi connectivity index (χ1v) is 9.15. The predicted molar refractivity (Wildman–Crippen MR) is 98.5 cm³/mol. The molecule has 1 fully saturated rings. The monoisotopic (exact) mass is 373 g/mol. The summed E-state index contributed by atoms with van der Waals surface area (Å²) >= 11 is 0. The molecule has 1 aliphatic rings. The Morgan fingerprint density at radius 2 is 1.93 bits per heavy atom. The number of nitro benzene ring substituents is 1. The molecule has 0 aliphatic carbocycles. The Kier molecular flexibility index (Phi) is 6.00. The number of hydrogen-bond acceptors (Lipinski definition) is 7. The number of non-ortho nitro benzene ring substituents is 1. The number of nitrogens with zero attached hydrogens (tertiary/aromatic N) is 5. The molecule has 0 bridgehead atoms. The third kappa shape index (κ3) is 4.81. The topological polar surface area (TPSA) is 106 Å². The normalized spacial score (nSPS) is 14.4. The van der Waals surface area contributed by atoms with Crippen molar-refractivity contribution in [3.63, 3.8) is 0 Å². The van der Waals surface area contributed by atoms with Crippen molar-refractivity contribution in [3.05, 3.63) is 46.1 Å². The molecule has 2 heterocycles. The number of rotatable bonds is 7. The molecule has 0 N–H and O–H groups in total. The zero-order valence-electron chi connectivity index (χ0n) is 15.3. The molecule has 9 heteroatoms. The lowest BCUT2D eigenvalue weighted by atomic mass is 10.2. The molecule has 0 radical (unpaired) electrons. The van der Waals surface area contributed by atoms with Crippen molar-refractivity contribution in [2.75, 3.05) is 31.1 Å². The predicted octanol–water partition coefficient (Wildman–Crippen LogP) is 2.21. The average molecular weight is 373 g/mol. The van der Waals surface area contributed by atoms with Gasteiger partial charge in [0.05, 0.1) is 4.92 Å². The van der Waals surface area contributed by atoms with Gasteiger partial charge in [0.2, 0.25) is 11.8 Å². The standard InChI is InChI=1S/C18H23N5O4/c1-2-16-19-17(27-20-16)4-3-5-18(24)22-12-10-21(11-13-22)14-6-8-15(9-7-14)23(25)26/h6-9H,2-5,10-13H2,1H3. The lowest BCUT2D eigenvalue weighted by Crippen LogP contribution is -2.48. The van der Waals surface area contributed by atoms with Crippen LogP contribution in [0.15, 0.2) is 28.8 Å². The number of nitro groups is 1. The van der Waals surface area contributed by atoms with Gasteiger partial charge < -0.3 is 14.3 Å². The number of piperazine rings is 1. The lowest BCUT2D eigenvalue weighted by molar-refractivity contribution is -0.384. The van der Waals surface area contributed by atoms with Gasteiger partial charge in [0.15, 0.2) is 5.82 Å². The van der Waals surface area contributed by atoms with Crippen LogP contribution in [-0.4, -0.2) is 52.1 Å². The maximum absolute atomic E-state index is 12.4. The summed E-state index contributed by atoms with van der Waals surface area (Å²) in [5.41, 5.74) is 1.02. The van der Waals surface area contributed by atoms with Gasteiger partial charge >= 0.3 is 0 Å². The molecule has 2 aromatic rings. The summed E-state index contributed by atoms with van der Waals surface area (Å²) < 4.78 is 5.13. The minimum atomic E-state index is -0.405. The van der Waals surface area contributed by atoms with E-state index in [0.717, 1.165) is 12.1 Å². The second-order valence-corrected chi connectivity index (χ2v) is 6.45. The number of aryl methyl sites for hydroxylation is 2. The van der Waals surface area contributed by atoms with Crippen molar-refractivity contribution in [2.24, 2.45) is 0 Å². The van der Waals surface area contributed by atoms with Crippen LogP contribution < -0.4 is 4.90 Å². The number of hydrogen-bond donors (Lipinski definition) is 0. The van der Waals surface area contributed by atoms with Crippen LogP contribution in [0.25, 0.3) is 0 Å². The zero-order chi connectivity index (χ0) is 19.2. The van der Waals surface area contributed by atoms with Crippen LogP contribution in [0.1, 0.15) is 31.5 Å². The summed E-state index contributed by atoms with van der Waals surface area (Å²) in [6.07, 6.45) is 2.50. The second-order valence-electron chi connectivity index (χ2n) is 6.45. The highest BCUT2D eigenvalue weighted by Crippen LogP contribution is 2.21. The van der Waals surface area contributed by atoms with E-state index < -0.39 is 4.92 Å². The van der Waals surface area contributed by atoms with E-state index in [2.05, 4.69) is 15.0 Å². The van der Waals surface area contributed by atoms with Gasteiger partial charge in [-0.15, -0.1) is 0 Å². The molecule has 144 valence electrons. The second kappa shape index (κ2) is 8.61. The number of anilines is 1. The van der Waals surface area contributed by atoms with Crippen LogP contribution >= 0.6 is 0 Å². The van der Waals surface area contributed by atoms with Gasteiger partial charge in [0.1, 0.15) is 0 Å². The van der Waals surface area contributed by atoms with E-state index in [9.17, 15) is 14.9 Å². The molecule has 1 amide bonds. The van der Waals surface area contributed by atoms with Gasteiger partial charge in [-0.2, -0.15) is 4.98 Å². The van der Waals surface area contributed by atoms with Gasteiger partial charge in [-0.25, -0.2) is 0 Å². The quantitative estimate of drug-likeness (QED) is 0.541. The van der Waals surface area contributed by atoms with Gasteiger partial charge in [-0.05, 0) is 18.6 Å². The van der Waals surface area contributed by atoms with Crippen LogP contribution in [0.4, 0.5) is 11.4 Å². The summed E-state index contributed by atoms with van der Waals surface area (Å²) in [5, 5.41) is 14.6. The fourth-order valence-electron chi connectivity index (χ4n) is 3.08. The maximum Gasteiger partial charge on any atom is 0.269 e. The number of benzene rings is 1. The van der Waals surface area contributed by atoms with Crippen LogP contribution in [0.3, 0.4) is 0 Å². The molecule has 1 aliphatic heterocycles. The Labute approximate surface area is 157 Å². The molecule has 1 aromatic heterocycles. The molecular formula is C18H23N5O4. The van der Waals surface area contributed by atoms with Gasteiger partial charge in [-0.1, -0.05) is 12.1 Å². The summed E-state index contributed by atoms with van der Waals surface area (Å²) in [4.78, 5) is 31.0. The first kappa shape index (κ1) is 18.8. The van der Waals surface area contributed by atoms with E-state index >= 15 is 0 Å². The first-order valence-electron chi connectivity index (χ1n) is 9.15. The molecule has 0 unspecified atom stereocenters. The smallest absolute Gasteiger partial charge is 0.269 e. The number of amides is 1. The summed E-state index contributed by atoms with van der Waals surface area (Å²) in [6.45, 7) is 4.70. The molecule has 9 nitrogen and oxygen atoms in total. The zero-order valence-corrected chi connectivity index (χ0v) is 15.3. The van der Waals surface area contributed by atoms with E-state index in [-0.39, 0.29) is 11.6 Å². The Morgan fingerprint density at radius 1 is 1.22 bits per heavy atom. The summed E-state index contributed by atoms with van der Waals surface area (Å²) in [5.74, 6) is 1.41. The molecule has 1 saturated heterocycles. The lowest BCUT2D eigenvalue weighted by Gasteiger charge is -2.36. The Bertz CT molecular complexity index is 781. The number of carbonyl (C=O) groups is 1. The van der Waals surface area contributed by atoms with E-state index in [1.54, 1.807) is 12.1 Å². The van der Waals surface area contributed by atoms with E-state index in [1.807, 2.05) is 11.8 Å². The van der Waals surface area contributed by atoms with Crippen molar-refractivity contribution in [1.82, 2.24) is 15.0 Å². The molecule has 0 spiro atoms. The third-order valence-corrected chi connectivity index (χ3v) is 4.67. The van der Waals surface area contributed by atoms with Crippen molar-refractivity contribution in [3.8, 4) is 0 Å². The van der Waals surface area contributed by atoms with Crippen LogP contribution in [0, 0.1) is 10.1 Å². The van der Waals surface area contributed by atoms with Gasteiger partial charge in [0.25, 0.3) is 5.69 Å². The molecule has 0 atom stereocenters. The number of aromatic nitrogens is 2. The fraction of sp³-hybridized carbons (Fsp3) is 0.500. The van der Waals surface area contributed by atoms with E-state index in [4.69, 9.17) is 4.52 Å². The Balaban J connectivity index is 1.42. The molecule has 3 rings (SSSR count).